The van der Waals surface area contributed by atoms with Crippen molar-refractivity contribution in [3.05, 3.63) is 18.3 Å². The van der Waals surface area contributed by atoms with Gasteiger partial charge in [-0.1, -0.05) is 13.3 Å². The van der Waals surface area contributed by atoms with Crippen molar-refractivity contribution in [1.29, 1.82) is 0 Å². The van der Waals surface area contributed by atoms with Gasteiger partial charge < -0.3 is 5.43 Å². The molecule has 0 unspecified atom stereocenters. The van der Waals surface area contributed by atoms with Crippen molar-refractivity contribution in [2.75, 3.05) is 12.0 Å². The molecule has 0 spiro atoms. The van der Waals surface area contributed by atoms with Gasteiger partial charge in [-0.15, -0.1) is 0 Å². The number of hydrogen-bond acceptors (Lipinski definition) is 5. The SMILES string of the molecule is CCC1(CNS(=O)(=O)c2cccnc2NN)CCC1. The van der Waals surface area contributed by atoms with Crippen LogP contribution in [0.4, 0.5) is 5.82 Å². The molecule has 0 radical (unpaired) electrons. The van der Waals surface area contributed by atoms with E-state index in [-0.39, 0.29) is 16.1 Å². The van der Waals surface area contributed by atoms with Crippen LogP contribution >= 0.6 is 0 Å². The van der Waals surface area contributed by atoms with E-state index in [0.717, 1.165) is 19.3 Å². The summed E-state index contributed by atoms with van der Waals surface area (Å²) >= 11 is 0. The number of nitrogens with zero attached hydrogens (tertiary/aromatic N) is 1. The molecule has 0 bridgehead atoms. The zero-order chi connectivity index (χ0) is 13.9. The zero-order valence-electron chi connectivity index (χ0n) is 11.0. The van der Waals surface area contributed by atoms with E-state index >= 15 is 0 Å². The van der Waals surface area contributed by atoms with E-state index in [2.05, 4.69) is 22.1 Å². The average Bonchev–Trinajstić information content (AvgIpc) is 2.38. The van der Waals surface area contributed by atoms with E-state index < -0.39 is 10.0 Å². The Hall–Kier alpha value is -1.18. The monoisotopic (exact) mass is 284 g/mol. The number of anilines is 1. The van der Waals surface area contributed by atoms with Crippen molar-refractivity contribution in [3.63, 3.8) is 0 Å². The summed E-state index contributed by atoms with van der Waals surface area (Å²) in [5.74, 6) is 5.45. The Kier molecular flexibility index (Phi) is 4.07. The van der Waals surface area contributed by atoms with Crippen molar-refractivity contribution in [2.24, 2.45) is 11.3 Å². The van der Waals surface area contributed by atoms with E-state index in [1.165, 1.54) is 18.7 Å². The van der Waals surface area contributed by atoms with Crippen molar-refractivity contribution < 1.29 is 8.42 Å². The van der Waals surface area contributed by atoms with E-state index in [9.17, 15) is 8.42 Å². The average molecular weight is 284 g/mol. The summed E-state index contributed by atoms with van der Waals surface area (Å²) in [5.41, 5.74) is 2.44. The standard InChI is InChI=1S/C12H20N4O2S/c1-2-12(6-4-7-12)9-15-19(17,18)10-5-3-8-14-11(10)16-13/h3,5,8,15H,2,4,6-7,9,13H2,1H3,(H,14,16). The van der Waals surface area contributed by atoms with Crippen molar-refractivity contribution in [1.82, 2.24) is 9.71 Å². The molecule has 1 heterocycles. The summed E-state index contributed by atoms with van der Waals surface area (Å²) in [6.45, 7) is 2.58. The first-order valence-corrected chi connectivity index (χ1v) is 7.93. The first-order valence-electron chi connectivity index (χ1n) is 6.44. The maximum absolute atomic E-state index is 12.3. The lowest BCUT2D eigenvalue weighted by Crippen LogP contribution is -2.41. The highest BCUT2D eigenvalue weighted by molar-refractivity contribution is 7.89. The molecule has 1 aliphatic rings. The summed E-state index contributed by atoms with van der Waals surface area (Å²) in [5, 5.41) is 0. The highest BCUT2D eigenvalue weighted by Crippen LogP contribution is 2.43. The Morgan fingerprint density at radius 2 is 2.21 bits per heavy atom. The number of rotatable bonds is 6. The molecule has 0 atom stereocenters. The number of sulfonamides is 1. The van der Waals surface area contributed by atoms with Gasteiger partial charge >= 0.3 is 0 Å². The third kappa shape index (κ3) is 2.88. The molecule has 0 aromatic carbocycles. The second-order valence-electron chi connectivity index (χ2n) is 5.03. The van der Waals surface area contributed by atoms with E-state index in [0.29, 0.717) is 6.54 Å². The van der Waals surface area contributed by atoms with Crippen LogP contribution in [0.5, 0.6) is 0 Å². The van der Waals surface area contributed by atoms with Gasteiger partial charge in [0.25, 0.3) is 0 Å². The third-order valence-corrected chi connectivity index (χ3v) is 5.43. The summed E-state index contributed by atoms with van der Waals surface area (Å²) in [6.07, 6.45) is 5.83. The van der Waals surface area contributed by atoms with Gasteiger partial charge in [-0.2, -0.15) is 0 Å². The van der Waals surface area contributed by atoms with Crippen LogP contribution in [0, 0.1) is 5.41 Å². The van der Waals surface area contributed by atoms with Gasteiger partial charge in [0.15, 0.2) is 5.82 Å². The minimum atomic E-state index is -3.58. The van der Waals surface area contributed by atoms with Gasteiger partial charge in [0.1, 0.15) is 4.90 Å². The fraction of sp³-hybridized carbons (Fsp3) is 0.583. The number of pyridine rings is 1. The summed E-state index contributed by atoms with van der Waals surface area (Å²) in [6, 6.07) is 3.07. The Labute approximate surface area is 113 Å². The fourth-order valence-electron chi connectivity index (χ4n) is 2.37. The highest BCUT2D eigenvalue weighted by Gasteiger charge is 2.36. The molecule has 7 heteroatoms. The van der Waals surface area contributed by atoms with Gasteiger partial charge in [0, 0.05) is 12.7 Å². The zero-order valence-corrected chi connectivity index (χ0v) is 11.8. The van der Waals surface area contributed by atoms with Crippen LogP contribution in [0.15, 0.2) is 23.2 Å². The van der Waals surface area contributed by atoms with Gasteiger partial charge in [-0.3, -0.25) is 0 Å². The number of hydrazine groups is 1. The lowest BCUT2D eigenvalue weighted by Gasteiger charge is -2.41. The molecule has 1 fully saturated rings. The number of nitrogen functional groups attached to an aromatic ring is 1. The molecule has 6 nitrogen and oxygen atoms in total. The number of nitrogens with one attached hydrogen (secondary N) is 2. The molecule has 0 aliphatic heterocycles. The molecule has 1 aromatic rings. The van der Waals surface area contributed by atoms with Crippen molar-refractivity contribution >= 4 is 15.8 Å². The summed E-state index contributed by atoms with van der Waals surface area (Å²) in [7, 11) is -3.58. The Morgan fingerprint density at radius 1 is 1.47 bits per heavy atom. The maximum atomic E-state index is 12.3. The summed E-state index contributed by atoms with van der Waals surface area (Å²) < 4.78 is 27.2. The minimum absolute atomic E-state index is 0.0862. The Balaban J connectivity index is 2.14. The van der Waals surface area contributed by atoms with Crippen molar-refractivity contribution in [2.45, 2.75) is 37.5 Å². The van der Waals surface area contributed by atoms with Crippen LogP contribution in [0.3, 0.4) is 0 Å². The van der Waals surface area contributed by atoms with Gasteiger partial charge in [0.2, 0.25) is 10.0 Å². The van der Waals surface area contributed by atoms with Crippen LogP contribution in [0.25, 0.3) is 0 Å². The van der Waals surface area contributed by atoms with E-state index in [4.69, 9.17) is 5.84 Å². The molecule has 1 aromatic heterocycles. The predicted octanol–water partition coefficient (Wildman–Crippen LogP) is 1.23. The fourth-order valence-corrected chi connectivity index (χ4v) is 3.65. The Morgan fingerprint density at radius 3 is 2.74 bits per heavy atom. The molecule has 1 aliphatic carbocycles. The molecule has 0 amide bonds. The second kappa shape index (κ2) is 5.44. The van der Waals surface area contributed by atoms with Crippen LogP contribution in [0.1, 0.15) is 32.6 Å². The lowest BCUT2D eigenvalue weighted by atomic mass is 9.67. The van der Waals surface area contributed by atoms with Crippen LogP contribution < -0.4 is 16.0 Å². The van der Waals surface area contributed by atoms with Gasteiger partial charge in [0.05, 0.1) is 0 Å². The van der Waals surface area contributed by atoms with E-state index in [1.54, 1.807) is 6.07 Å². The molecule has 1 saturated carbocycles. The molecular weight excluding hydrogens is 264 g/mol. The largest absolute Gasteiger partial charge is 0.307 e. The smallest absolute Gasteiger partial charge is 0.244 e. The summed E-state index contributed by atoms with van der Waals surface area (Å²) in [4.78, 5) is 3.99. The molecule has 19 heavy (non-hydrogen) atoms. The molecule has 4 N–H and O–H groups in total. The first-order chi connectivity index (χ1) is 9.03. The topological polar surface area (TPSA) is 97.1 Å². The number of aromatic nitrogens is 1. The first kappa shape index (κ1) is 14.2. The van der Waals surface area contributed by atoms with Crippen LogP contribution in [0.2, 0.25) is 0 Å². The highest BCUT2D eigenvalue weighted by atomic mass is 32.2. The van der Waals surface area contributed by atoms with Crippen molar-refractivity contribution in [3.8, 4) is 0 Å². The van der Waals surface area contributed by atoms with Crippen LogP contribution in [-0.4, -0.2) is 19.9 Å². The van der Waals surface area contributed by atoms with Gasteiger partial charge in [-0.05, 0) is 36.8 Å². The molecule has 106 valence electrons. The normalized spacial score (nSPS) is 17.8. The quantitative estimate of drug-likeness (QED) is 0.539. The number of nitrogens with two attached hydrogens (primary N) is 1. The van der Waals surface area contributed by atoms with Crippen LogP contribution in [-0.2, 0) is 10.0 Å². The minimum Gasteiger partial charge on any atom is -0.307 e. The number of hydrogen-bond donors (Lipinski definition) is 3. The molecule has 2 rings (SSSR count). The van der Waals surface area contributed by atoms with E-state index in [1.807, 2.05) is 0 Å². The lowest BCUT2D eigenvalue weighted by molar-refractivity contribution is 0.133. The maximum Gasteiger partial charge on any atom is 0.244 e. The predicted molar refractivity (Wildman–Crippen MR) is 73.8 cm³/mol. The molecule has 0 saturated heterocycles. The third-order valence-electron chi connectivity index (χ3n) is 4.00. The van der Waals surface area contributed by atoms with Gasteiger partial charge in [-0.25, -0.2) is 24.0 Å². The second-order valence-corrected chi connectivity index (χ2v) is 6.76. The molecular formula is C12H20N4O2S. The Bertz CT molecular complexity index is 535.